The highest BCUT2D eigenvalue weighted by Crippen LogP contribution is 2.20. The summed E-state index contributed by atoms with van der Waals surface area (Å²) in [6.07, 6.45) is 0. The van der Waals surface area contributed by atoms with Gasteiger partial charge in [-0.2, -0.15) is 0 Å². The summed E-state index contributed by atoms with van der Waals surface area (Å²) in [5.74, 6) is -0.912. The lowest BCUT2D eigenvalue weighted by Gasteiger charge is -2.11. The van der Waals surface area contributed by atoms with Gasteiger partial charge in [0.15, 0.2) is 13.2 Å². The molecule has 29 heavy (non-hydrogen) atoms. The maximum Gasteiger partial charge on any atom is 0.344 e. The number of esters is 1. The highest BCUT2D eigenvalue weighted by molar-refractivity contribution is 5.92. The summed E-state index contributed by atoms with van der Waals surface area (Å²) in [6.45, 7) is -0.945. The molecule has 0 saturated heterocycles. The Hall–Kier alpha value is -3.88. The minimum atomic E-state index is -0.730. The van der Waals surface area contributed by atoms with E-state index >= 15 is 0 Å². The van der Waals surface area contributed by atoms with E-state index in [0.717, 1.165) is 26.0 Å². The smallest absolute Gasteiger partial charge is 0.344 e. The molecule has 0 fully saturated rings. The van der Waals surface area contributed by atoms with Gasteiger partial charge in [0.25, 0.3) is 11.5 Å². The molecule has 1 amide bonds. The van der Waals surface area contributed by atoms with E-state index in [1.807, 2.05) is 30.3 Å². The number of benzene rings is 2. The molecule has 0 aliphatic rings. The number of carbonyl (C=O) groups excluding carboxylic acids is 2. The second kappa shape index (κ2) is 8.42. The first-order chi connectivity index (χ1) is 13.8. The first-order valence-corrected chi connectivity index (χ1v) is 8.69. The predicted octanol–water partition coefficient (Wildman–Crippen LogP) is 0.798. The van der Waals surface area contributed by atoms with Gasteiger partial charge in [0, 0.05) is 20.2 Å². The summed E-state index contributed by atoms with van der Waals surface area (Å²) in [7, 11) is 2.73. The van der Waals surface area contributed by atoms with E-state index in [1.165, 1.54) is 14.1 Å². The summed E-state index contributed by atoms with van der Waals surface area (Å²) in [6, 6.07) is 14.2. The van der Waals surface area contributed by atoms with Crippen LogP contribution in [-0.4, -0.2) is 34.2 Å². The standard InChI is InChI=1S/C20H19N3O6/c1-22-16(10-18(25)23(2)20(22)27)21-17(24)11-29-19(26)12-28-15-8-7-13-5-3-4-6-14(13)9-15/h3-10H,11-12H2,1-2H3,(H,21,24). The normalized spacial score (nSPS) is 10.6. The maximum atomic E-state index is 11.9. The Morgan fingerprint density at radius 2 is 1.66 bits per heavy atom. The van der Waals surface area contributed by atoms with Gasteiger partial charge in [0.05, 0.1) is 0 Å². The van der Waals surface area contributed by atoms with Crippen molar-refractivity contribution in [3.63, 3.8) is 0 Å². The second-order valence-corrected chi connectivity index (χ2v) is 6.27. The number of nitrogens with zero attached hydrogens (tertiary/aromatic N) is 2. The number of ether oxygens (including phenoxy) is 2. The Kier molecular flexibility index (Phi) is 5.77. The van der Waals surface area contributed by atoms with Gasteiger partial charge in [-0.05, 0) is 22.9 Å². The fraction of sp³-hybridized carbons (Fsp3) is 0.200. The monoisotopic (exact) mass is 397 g/mol. The molecule has 0 spiro atoms. The van der Waals surface area contributed by atoms with Crippen LogP contribution in [0, 0.1) is 0 Å². The van der Waals surface area contributed by atoms with Crippen molar-refractivity contribution < 1.29 is 19.1 Å². The number of nitrogens with one attached hydrogen (secondary N) is 1. The van der Waals surface area contributed by atoms with Crippen LogP contribution in [0.1, 0.15) is 0 Å². The van der Waals surface area contributed by atoms with E-state index in [4.69, 9.17) is 9.47 Å². The summed E-state index contributed by atoms with van der Waals surface area (Å²) in [5.41, 5.74) is -1.15. The summed E-state index contributed by atoms with van der Waals surface area (Å²) >= 11 is 0. The van der Waals surface area contributed by atoms with Crippen molar-refractivity contribution in [3.8, 4) is 5.75 Å². The lowest BCUT2D eigenvalue weighted by atomic mass is 10.1. The van der Waals surface area contributed by atoms with Crippen LogP contribution in [0.25, 0.3) is 10.8 Å². The average Bonchev–Trinajstić information content (AvgIpc) is 2.72. The lowest BCUT2D eigenvalue weighted by Crippen LogP contribution is -2.38. The van der Waals surface area contributed by atoms with Crippen LogP contribution in [0.3, 0.4) is 0 Å². The van der Waals surface area contributed by atoms with E-state index in [-0.39, 0.29) is 12.4 Å². The fourth-order valence-corrected chi connectivity index (χ4v) is 2.62. The first kappa shape index (κ1) is 19.9. The van der Waals surface area contributed by atoms with Crippen LogP contribution >= 0.6 is 0 Å². The van der Waals surface area contributed by atoms with Gasteiger partial charge in [-0.1, -0.05) is 30.3 Å². The molecule has 3 aromatic rings. The molecular weight excluding hydrogens is 378 g/mol. The molecule has 9 heteroatoms. The lowest BCUT2D eigenvalue weighted by molar-refractivity contribution is -0.149. The number of hydrogen-bond donors (Lipinski definition) is 1. The van der Waals surface area contributed by atoms with Crippen molar-refractivity contribution in [2.24, 2.45) is 14.1 Å². The summed E-state index contributed by atoms with van der Waals surface area (Å²) in [4.78, 5) is 47.3. The van der Waals surface area contributed by atoms with Crippen LogP contribution in [0.2, 0.25) is 0 Å². The molecular formula is C20H19N3O6. The molecule has 0 bridgehead atoms. The highest BCUT2D eigenvalue weighted by Gasteiger charge is 2.12. The molecule has 1 heterocycles. The number of hydrogen-bond acceptors (Lipinski definition) is 6. The van der Waals surface area contributed by atoms with Gasteiger partial charge in [0.1, 0.15) is 11.6 Å². The Bertz CT molecular complexity index is 1190. The molecule has 0 saturated carbocycles. The van der Waals surface area contributed by atoms with Gasteiger partial charge in [-0.15, -0.1) is 0 Å². The largest absolute Gasteiger partial charge is 0.482 e. The molecule has 0 unspecified atom stereocenters. The minimum Gasteiger partial charge on any atom is -0.482 e. The topological polar surface area (TPSA) is 109 Å². The SMILES string of the molecule is Cn1c(NC(=O)COC(=O)COc2ccc3ccccc3c2)cc(=O)n(C)c1=O. The zero-order valence-electron chi connectivity index (χ0n) is 15.9. The molecule has 0 atom stereocenters. The Morgan fingerprint density at radius 3 is 2.41 bits per heavy atom. The van der Waals surface area contributed by atoms with Gasteiger partial charge < -0.3 is 14.8 Å². The van der Waals surface area contributed by atoms with Crippen LogP contribution in [0.4, 0.5) is 5.82 Å². The fourth-order valence-electron chi connectivity index (χ4n) is 2.62. The Labute approximate surface area is 165 Å². The quantitative estimate of drug-likeness (QED) is 0.617. The number of aromatic nitrogens is 2. The van der Waals surface area contributed by atoms with Gasteiger partial charge in [-0.3, -0.25) is 18.7 Å². The second-order valence-electron chi connectivity index (χ2n) is 6.27. The van der Waals surface area contributed by atoms with Crippen LogP contribution in [0.5, 0.6) is 5.75 Å². The minimum absolute atomic E-state index is 0.00608. The van der Waals surface area contributed by atoms with Gasteiger partial charge in [-0.25, -0.2) is 9.59 Å². The predicted molar refractivity (Wildman–Crippen MR) is 106 cm³/mol. The Morgan fingerprint density at radius 1 is 0.931 bits per heavy atom. The molecule has 1 aromatic heterocycles. The number of rotatable bonds is 6. The van der Waals surface area contributed by atoms with E-state index < -0.39 is 29.7 Å². The number of carbonyl (C=O) groups is 2. The zero-order valence-corrected chi connectivity index (χ0v) is 15.9. The van der Waals surface area contributed by atoms with Crippen LogP contribution < -0.4 is 21.3 Å². The summed E-state index contributed by atoms with van der Waals surface area (Å²) in [5, 5.41) is 4.38. The third-order valence-corrected chi connectivity index (χ3v) is 4.24. The Balaban J connectivity index is 1.52. The first-order valence-electron chi connectivity index (χ1n) is 8.69. The van der Waals surface area contributed by atoms with Crippen molar-refractivity contribution in [2.45, 2.75) is 0 Å². The van der Waals surface area contributed by atoms with E-state index in [9.17, 15) is 19.2 Å². The van der Waals surface area contributed by atoms with E-state index in [1.54, 1.807) is 12.1 Å². The highest BCUT2D eigenvalue weighted by atomic mass is 16.6. The van der Waals surface area contributed by atoms with Crippen LogP contribution in [-0.2, 0) is 28.4 Å². The zero-order chi connectivity index (χ0) is 21.0. The molecule has 0 aliphatic carbocycles. The van der Waals surface area contributed by atoms with Crippen molar-refractivity contribution >= 4 is 28.5 Å². The molecule has 2 aromatic carbocycles. The molecule has 0 aliphatic heterocycles. The molecule has 9 nitrogen and oxygen atoms in total. The molecule has 150 valence electrons. The molecule has 3 rings (SSSR count). The number of amides is 1. The van der Waals surface area contributed by atoms with Crippen molar-refractivity contribution in [3.05, 3.63) is 69.4 Å². The van der Waals surface area contributed by atoms with E-state index in [0.29, 0.717) is 5.75 Å². The number of anilines is 1. The van der Waals surface area contributed by atoms with Gasteiger partial charge in [0.2, 0.25) is 0 Å². The molecule has 1 N–H and O–H groups in total. The maximum absolute atomic E-state index is 11.9. The van der Waals surface area contributed by atoms with Gasteiger partial charge >= 0.3 is 11.7 Å². The van der Waals surface area contributed by atoms with E-state index in [2.05, 4.69) is 5.32 Å². The number of fused-ring (bicyclic) bond motifs is 1. The third kappa shape index (κ3) is 4.70. The van der Waals surface area contributed by atoms with Crippen molar-refractivity contribution in [1.82, 2.24) is 9.13 Å². The summed E-state index contributed by atoms with van der Waals surface area (Å²) < 4.78 is 12.3. The van der Waals surface area contributed by atoms with Crippen molar-refractivity contribution in [1.29, 1.82) is 0 Å². The van der Waals surface area contributed by atoms with Crippen LogP contribution in [0.15, 0.2) is 58.1 Å². The third-order valence-electron chi connectivity index (χ3n) is 4.24. The van der Waals surface area contributed by atoms with Crippen molar-refractivity contribution in [2.75, 3.05) is 18.5 Å². The molecule has 0 radical (unpaired) electrons. The average molecular weight is 397 g/mol.